The Morgan fingerprint density at radius 2 is 1.71 bits per heavy atom. The Hall–Kier alpha value is -1.85. The lowest BCUT2D eigenvalue weighted by Gasteiger charge is -2.09. The quantitative estimate of drug-likeness (QED) is 0.942. The van der Waals surface area contributed by atoms with E-state index in [2.05, 4.69) is 5.32 Å². The van der Waals surface area contributed by atoms with E-state index in [9.17, 15) is 13.2 Å². The average molecular weight is 324 g/mol. The fourth-order valence-corrected chi connectivity index (χ4v) is 2.67. The summed E-state index contributed by atoms with van der Waals surface area (Å²) in [5, 5.41) is 3.36. The van der Waals surface area contributed by atoms with Crippen molar-refractivity contribution in [2.45, 2.75) is 11.8 Å². The first-order valence-corrected chi connectivity index (χ1v) is 8.42. The van der Waals surface area contributed by atoms with Crippen LogP contribution in [0.4, 0.5) is 5.69 Å². The van der Waals surface area contributed by atoms with Crippen LogP contribution in [0.1, 0.15) is 15.9 Å². The Kier molecular flexibility index (Phi) is 4.34. The van der Waals surface area contributed by atoms with Gasteiger partial charge in [-0.1, -0.05) is 11.6 Å². The highest BCUT2D eigenvalue weighted by Crippen LogP contribution is 2.20. The Morgan fingerprint density at radius 3 is 2.24 bits per heavy atom. The molecule has 0 spiro atoms. The van der Waals surface area contributed by atoms with Gasteiger partial charge >= 0.3 is 0 Å². The molecule has 1 amide bonds. The summed E-state index contributed by atoms with van der Waals surface area (Å²) in [6, 6.07) is 11.0. The molecule has 0 aromatic heterocycles. The van der Waals surface area contributed by atoms with Crippen molar-refractivity contribution >= 4 is 33.0 Å². The highest BCUT2D eigenvalue weighted by Gasteiger charge is 2.11. The first-order valence-electron chi connectivity index (χ1n) is 6.15. The molecule has 1 N–H and O–H groups in total. The summed E-state index contributed by atoms with van der Waals surface area (Å²) < 4.78 is 22.7. The first kappa shape index (κ1) is 15.5. The highest BCUT2D eigenvalue weighted by molar-refractivity contribution is 7.90. The van der Waals surface area contributed by atoms with Crippen LogP contribution in [0.5, 0.6) is 0 Å². The lowest BCUT2D eigenvalue weighted by Crippen LogP contribution is -2.13. The second kappa shape index (κ2) is 5.87. The Balaban J connectivity index is 2.21. The van der Waals surface area contributed by atoms with Crippen LogP contribution < -0.4 is 5.32 Å². The van der Waals surface area contributed by atoms with E-state index in [1.807, 2.05) is 6.92 Å². The molecule has 0 aliphatic heterocycles. The molecule has 4 nitrogen and oxygen atoms in total. The van der Waals surface area contributed by atoms with Crippen LogP contribution >= 0.6 is 11.6 Å². The number of amides is 1. The number of carbonyl (C=O) groups excluding carboxylic acids is 1. The smallest absolute Gasteiger partial charge is 0.255 e. The molecule has 0 bridgehead atoms. The number of halogens is 1. The number of rotatable bonds is 3. The van der Waals surface area contributed by atoms with Crippen LogP contribution in [-0.4, -0.2) is 20.6 Å². The molecule has 0 atom stereocenters. The summed E-state index contributed by atoms with van der Waals surface area (Å²) in [4.78, 5) is 12.3. The van der Waals surface area contributed by atoms with E-state index in [1.165, 1.54) is 24.3 Å². The summed E-state index contributed by atoms with van der Waals surface area (Å²) in [6.07, 6.45) is 1.12. The predicted molar refractivity (Wildman–Crippen MR) is 83.7 cm³/mol. The van der Waals surface area contributed by atoms with Crippen LogP contribution in [0.25, 0.3) is 0 Å². The molecule has 0 heterocycles. The zero-order chi connectivity index (χ0) is 15.6. The average Bonchev–Trinajstić information content (AvgIpc) is 2.41. The molecule has 110 valence electrons. The van der Waals surface area contributed by atoms with Gasteiger partial charge in [0.2, 0.25) is 0 Å². The standard InChI is InChI=1S/C15H14ClNO3S/c1-10-9-12(16)5-8-14(10)17-15(18)11-3-6-13(7-4-11)21(2,19)20/h3-9H,1-2H3,(H,17,18). The fraction of sp³-hybridized carbons (Fsp3) is 0.133. The number of hydrogen-bond acceptors (Lipinski definition) is 3. The first-order chi connectivity index (χ1) is 9.77. The molecule has 0 fully saturated rings. The fourth-order valence-electron chi connectivity index (χ4n) is 1.82. The Morgan fingerprint density at radius 1 is 1.10 bits per heavy atom. The maximum Gasteiger partial charge on any atom is 0.255 e. The summed E-state index contributed by atoms with van der Waals surface area (Å²) in [5.41, 5.74) is 1.90. The minimum atomic E-state index is -3.26. The monoisotopic (exact) mass is 323 g/mol. The van der Waals surface area contributed by atoms with Crippen molar-refractivity contribution < 1.29 is 13.2 Å². The summed E-state index contributed by atoms with van der Waals surface area (Å²) >= 11 is 5.86. The third-order valence-electron chi connectivity index (χ3n) is 2.98. The summed E-state index contributed by atoms with van der Waals surface area (Å²) in [5.74, 6) is -0.305. The van der Waals surface area contributed by atoms with Crippen LogP contribution in [0, 0.1) is 6.92 Å². The number of hydrogen-bond donors (Lipinski definition) is 1. The Bertz CT molecular complexity index is 783. The topological polar surface area (TPSA) is 63.2 Å². The van der Waals surface area contributed by atoms with Crippen LogP contribution in [0.2, 0.25) is 5.02 Å². The van der Waals surface area contributed by atoms with Gasteiger partial charge in [0.05, 0.1) is 4.90 Å². The van der Waals surface area contributed by atoms with E-state index < -0.39 is 9.84 Å². The zero-order valence-corrected chi connectivity index (χ0v) is 13.1. The molecule has 0 saturated heterocycles. The molecule has 6 heteroatoms. The van der Waals surface area contributed by atoms with Crippen molar-refractivity contribution in [3.8, 4) is 0 Å². The lowest BCUT2D eigenvalue weighted by molar-refractivity contribution is 0.102. The summed E-state index contributed by atoms with van der Waals surface area (Å²) in [6.45, 7) is 1.84. The molecule has 2 aromatic carbocycles. The van der Waals surface area contributed by atoms with Gasteiger partial charge < -0.3 is 5.32 Å². The van der Waals surface area contributed by atoms with Gasteiger partial charge in [0, 0.05) is 22.5 Å². The van der Waals surface area contributed by atoms with E-state index in [0.717, 1.165) is 11.8 Å². The molecule has 2 aromatic rings. The predicted octanol–water partition coefficient (Wildman–Crippen LogP) is 3.30. The minimum Gasteiger partial charge on any atom is -0.322 e. The van der Waals surface area contributed by atoms with E-state index in [4.69, 9.17) is 11.6 Å². The third kappa shape index (κ3) is 3.83. The minimum absolute atomic E-state index is 0.182. The van der Waals surface area contributed by atoms with E-state index in [0.29, 0.717) is 16.3 Å². The molecule has 0 radical (unpaired) electrons. The van der Waals surface area contributed by atoms with Crippen molar-refractivity contribution in [2.75, 3.05) is 11.6 Å². The van der Waals surface area contributed by atoms with Crippen LogP contribution in [0.3, 0.4) is 0 Å². The van der Waals surface area contributed by atoms with Crippen LogP contribution in [-0.2, 0) is 9.84 Å². The number of nitrogens with one attached hydrogen (secondary N) is 1. The molecule has 2 rings (SSSR count). The summed E-state index contributed by atoms with van der Waals surface area (Å²) in [7, 11) is -3.26. The molecule has 0 aliphatic rings. The maximum absolute atomic E-state index is 12.1. The van der Waals surface area contributed by atoms with E-state index in [1.54, 1.807) is 18.2 Å². The van der Waals surface area contributed by atoms with Gasteiger partial charge in [-0.2, -0.15) is 0 Å². The molecule has 0 saturated carbocycles. The zero-order valence-electron chi connectivity index (χ0n) is 11.6. The normalized spacial score (nSPS) is 11.2. The lowest BCUT2D eigenvalue weighted by atomic mass is 10.1. The van der Waals surface area contributed by atoms with Crippen molar-refractivity contribution in [1.29, 1.82) is 0 Å². The number of anilines is 1. The largest absolute Gasteiger partial charge is 0.322 e. The molecule has 0 unspecified atom stereocenters. The van der Waals surface area contributed by atoms with Gasteiger partial charge in [-0.05, 0) is 55.0 Å². The number of carbonyl (C=O) groups is 1. The third-order valence-corrected chi connectivity index (χ3v) is 4.34. The molecular weight excluding hydrogens is 310 g/mol. The Labute approximate surface area is 128 Å². The van der Waals surface area contributed by atoms with Gasteiger partial charge in [-0.25, -0.2) is 8.42 Å². The molecule has 0 aliphatic carbocycles. The SMILES string of the molecule is Cc1cc(Cl)ccc1NC(=O)c1ccc(S(C)(=O)=O)cc1. The number of benzene rings is 2. The number of aryl methyl sites for hydroxylation is 1. The van der Waals surface area contributed by atoms with Crippen molar-refractivity contribution in [2.24, 2.45) is 0 Å². The molecule has 21 heavy (non-hydrogen) atoms. The number of sulfone groups is 1. The van der Waals surface area contributed by atoms with Gasteiger partial charge in [0.25, 0.3) is 5.91 Å². The van der Waals surface area contributed by atoms with Gasteiger partial charge in [0.1, 0.15) is 0 Å². The van der Waals surface area contributed by atoms with Crippen molar-refractivity contribution in [1.82, 2.24) is 0 Å². The second-order valence-corrected chi connectivity index (χ2v) is 7.16. The van der Waals surface area contributed by atoms with Gasteiger partial charge in [0.15, 0.2) is 9.84 Å². The van der Waals surface area contributed by atoms with Gasteiger partial charge in [-0.3, -0.25) is 4.79 Å². The van der Waals surface area contributed by atoms with Gasteiger partial charge in [-0.15, -0.1) is 0 Å². The van der Waals surface area contributed by atoms with Crippen molar-refractivity contribution in [3.63, 3.8) is 0 Å². The van der Waals surface area contributed by atoms with E-state index >= 15 is 0 Å². The van der Waals surface area contributed by atoms with E-state index in [-0.39, 0.29) is 10.8 Å². The second-order valence-electron chi connectivity index (χ2n) is 4.71. The van der Waals surface area contributed by atoms with Crippen LogP contribution in [0.15, 0.2) is 47.4 Å². The molecular formula is C15H14ClNO3S. The van der Waals surface area contributed by atoms with Crippen molar-refractivity contribution in [3.05, 3.63) is 58.6 Å². The maximum atomic E-state index is 12.1. The highest BCUT2D eigenvalue weighted by atomic mass is 35.5.